The molecule has 6 radical (unpaired) electrons. The highest BCUT2D eigenvalue weighted by atomic mass is 19.1. The molecule has 5 rings (SSSR count). The van der Waals surface area contributed by atoms with Crippen LogP contribution in [0.15, 0.2) is 64.8 Å². The van der Waals surface area contributed by atoms with Crippen molar-refractivity contribution in [2.24, 2.45) is 12.0 Å². The van der Waals surface area contributed by atoms with E-state index in [4.69, 9.17) is 4.74 Å². The summed E-state index contributed by atoms with van der Waals surface area (Å²) >= 11 is 0. The predicted octanol–water partition coefficient (Wildman–Crippen LogP) is 0.921. The average molecular weight is 503 g/mol. The first-order valence-corrected chi connectivity index (χ1v) is 12.1. The number of aryl methyl sites for hydroxylation is 1. The number of ether oxygens (including phenoxy) is 1. The highest BCUT2D eigenvalue weighted by Crippen LogP contribution is 2.29. The van der Waals surface area contributed by atoms with Crippen LogP contribution < -0.4 is 21.3 Å². The van der Waals surface area contributed by atoms with Crippen LogP contribution in [0.1, 0.15) is 30.2 Å². The highest BCUT2D eigenvalue weighted by Gasteiger charge is 2.34. The molecule has 1 unspecified atom stereocenters. The van der Waals surface area contributed by atoms with Gasteiger partial charge in [0.25, 0.3) is 5.56 Å². The number of hydrogen-bond donors (Lipinski definition) is 0. The Kier molecular flexibility index (Phi) is 7.90. The maximum Gasteiger partial charge on any atom is 0.278 e. The normalized spacial score (nSPS) is 16.7. The van der Waals surface area contributed by atoms with Crippen LogP contribution in [0.3, 0.4) is 0 Å². The molecule has 0 fully saturated rings. The molecule has 4 aromatic rings. The Morgan fingerprint density at radius 2 is 1.84 bits per heavy atom. The van der Waals surface area contributed by atoms with Crippen molar-refractivity contribution in [1.29, 1.82) is 0 Å². The third-order valence-corrected chi connectivity index (χ3v) is 6.59. The lowest BCUT2D eigenvalue weighted by Gasteiger charge is -2.33. The van der Waals surface area contributed by atoms with Gasteiger partial charge in [-0.3, -0.25) is 14.4 Å². The zero-order valence-electron chi connectivity index (χ0n) is 21.9. The topological polar surface area (TPSA) is 66.3 Å². The van der Waals surface area contributed by atoms with Gasteiger partial charge in [0.2, 0.25) is 5.62 Å². The summed E-state index contributed by atoms with van der Waals surface area (Å²) < 4.78 is 24.6. The molecule has 12 heteroatoms. The summed E-state index contributed by atoms with van der Waals surface area (Å²) in [5, 5.41) is 0.516. The Labute approximate surface area is 225 Å². The molecule has 0 saturated heterocycles. The standard InChI is InChI=1S/C26H26FN5O2.B4/c1-17-15-31(16-29-17)21-10-5-18(14-23(21)34-4)13-22-24(33)32-25(30(22)3)28-12-11-26(32,2)19-6-8-20(27)9-7-19;1-4(2)3/h5-10,13-16H,11-12H2,1-4H3;/b22-13-;. The van der Waals surface area contributed by atoms with E-state index in [2.05, 4.69) is 33.2 Å². The minimum absolute atomic E-state index is 0.138. The molecule has 0 spiro atoms. The molecule has 2 aromatic carbocycles. The lowest BCUT2D eigenvalue weighted by atomic mass is 9.08. The summed E-state index contributed by atoms with van der Waals surface area (Å²) in [4.78, 5) is 22.6. The molecule has 7 nitrogen and oxygen atoms in total. The van der Waals surface area contributed by atoms with Gasteiger partial charge in [-0.15, -0.1) is 0 Å². The largest absolute Gasteiger partial charge is 0.495 e. The molecule has 1 atom stereocenters. The number of rotatable bonds is 4. The molecule has 3 heterocycles. The lowest BCUT2D eigenvalue weighted by Crippen LogP contribution is -2.49. The van der Waals surface area contributed by atoms with E-state index >= 15 is 0 Å². The molecule has 0 aliphatic carbocycles. The fraction of sp³-hybridized carbons (Fsp3) is 0.269. The molecule has 1 aliphatic heterocycles. The van der Waals surface area contributed by atoms with Crippen molar-refractivity contribution in [1.82, 2.24) is 18.7 Å². The van der Waals surface area contributed by atoms with Crippen LogP contribution in [0.2, 0.25) is 0 Å². The van der Waals surface area contributed by atoms with Crippen LogP contribution >= 0.6 is 0 Å². The van der Waals surface area contributed by atoms with Gasteiger partial charge in [-0.05, 0) is 61.7 Å². The summed E-state index contributed by atoms with van der Waals surface area (Å²) in [6.07, 6.45) is 5.50. The first-order valence-electron chi connectivity index (χ1n) is 12.1. The molecule has 1 aliphatic rings. The van der Waals surface area contributed by atoms with Crippen molar-refractivity contribution >= 4 is 35.7 Å². The van der Waals surface area contributed by atoms with Crippen molar-refractivity contribution in [2.45, 2.75) is 25.8 Å². The molecular weight excluding hydrogens is 477 g/mol. The van der Waals surface area contributed by atoms with Gasteiger partial charge >= 0.3 is 0 Å². The first kappa shape index (κ1) is 27.4. The molecule has 0 saturated carbocycles. The average Bonchev–Trinajstić information content (AvgIpc) is 3.41. The second-order valence-corrected chi connectivity index (χ2v) is 9.37. The zero-order valence-corrected chi connectivity index (χ0v) is 21.9. The fourth-order valence-corrected chi connectivity index (χ4v) is 4.66. The minimum Gasteiger partial charge on any atom is -0.495 e. The van der Waals surface area contributed by atoms with Gasteiger partial charge in [0.05, 0.1) is 30.4 Å². The third kappa shape index (κ3) is 5.30. The lowest BCUT2D eigenvalue weighted by molar-refractivity contribution is 0.318. The zero-order chi connectivity index (χ0) is 27.6. The van der Waals surface area contributed by atoms with Crippen LogP contribution in [-0.2, 0) is 12.6 Å². The Morgan fingerprint density at radius 1 is 1.16 bits per heavy atom. The summed E-state index contributed by atoms with van der Waals surface area (Å²) in [5.41, 5.74) is 3.33. The van der Waals surface area contributed by atoms with E-state index in [1.807, 2.05) is 60.5 Å². The highest BCUT2D eigenvalue weighted by molar-refractivity contribution is 7.49. The maximum absolute atomic E-state index is 13.7. The molecular formula is C26H26B4FN5O2. The number of hydrogen-bond acceptors (Lipinski definition) is 4. The van der Waals surface area contributed by atoms with Gasteiger partial charge in [0, 0.05) is 49.4 Å². The Morgan fingerprint density at radius 3 is 2.45 bits per heavy atom. The molecule has 0 bridgehead atoms. The van der Waals surface area contributed by atoms with Crippen LogP contribution in [0, 0.1) is 12.7 Å². The Hall–Kier alpha value is -3.68. The Bertz CT molecular complexity index is 1630. The van der Waals surface area contributed by atoms with Crippen molar-refractivity contribution in [3.63, 3.8) is 0 Å². The number of imidazole rings is 2. The van der Waals surface area contributed by atoms with Crippen LogP contribution in [0.4, 0.5) is 4.39 Å². The van der Waals surface area contributed by atoms with E-state index in [1.165, 1.54) is 12.1 Å². The number of aromatic nitrogens is 4. The van der Waals surface area contributed by atoms with Crippen LogP contribution in [0.25, 0.3) is 11.8 Å². The van der Waals surface area contributed by atoms with Gasteiger partial charge in [-0.25, -0.2) is 9.37 Å². The van der Waals surface area contributed by atoms with E-state index in [1.54, 1.807) is 30.1 Å². The smallest absolute Gasteiger partial charge is 0.278 e. The van der Waals surface area contributed by atoms with Crippen LogP contribution in [-0.4, -0.2) is 61.9 Å². The molecule has 38 heavy (non-hydrogen) atoms. The molecule has 0 N–H and O–H groups in total. The first-order chi connectivity index (χ1) is 18.0. The van der Waals surface area contributed by atoms with E-state index in [-0.39, 0.29) is 11.4 Å². The molecule has 0 amide bonds. The fourth-order valence-electron chi connectivity index (χ4n) is 4.66. The summed E-state index contributed by atoms with van der Waals surface area (Å²) in [6, 6.07) is 12.1. The second-order valence-electron chi connectivity index (χ2n) is 9.37. The molecule has 2 aromatic heterocycles. The summed E-state index contributed by atoms with van der Waals surface area (Å²) in [7, 11) is 17.5. The van der Waals surface area contributed by atoms with Crippen molar-refractivity contribution in [3.8, 4) is 11.4 Å². The quantitative estimate of drug-likeness (QED) is 0.390. The van der Waals surface area contributed by atoms with E-state index < -0.39 is 11.9 Å². The predicted molar refractivity (Wildman–Crippen MR) is 151 cm³/mol. The summed E-state index contributed by atoms with van der Waals surface area (Å²) in [6.45, 7) is 4.52. The maximum atomic E-state index is 13.7. The van der Waals surface area contributed by atoms with Gasteiger partial charge in [-0.1, -0.05) is 18.2 Å². The van der Waals surface area contributed by atoms with Gasteiger partial charge < -0.3 is 13.9 Å². The number of methoxy groups -OCH3 is 1. The Balaban J connectivity index is 0.000000786. The van der Waals surface area contributed by atoms with E-state index in [0.29, 0.717) is 29.7 Å². The van der Waals surface area contributed by atoms with Crippen molar-refractivity contribution < 1.29 is 9.13 Å². The number of fused-ring (bicyclic) bond motifs is 1. The molecule has 186 valence electrons. The van der Waals surface area contributed by atoms with E-state index in [9.17, 15) is 9.18 Å². The van der Waals surface area contributed by atoms with Gasteiger partial charge in [0.15, 0.2) is 0 Å². The third-order valence-electron chi connectivity index (χ3n) is 6.59. The minimum atomic E-state index is -0.667. The van der Waals surface area contributed by atoms with Crippen molar-refractivity contribution in [3.05, 3.63) is 98.9 Å². The monoisotopic (exact) mass is 503 g/mol. The van der Waals surface area contributed by atoms with Gasteiger partial charge in [-0.2, -0.15) is 0 Å². The SMILES string of the molecule is COc1cc(/C=c2/c(=O)n3c(n2C)=NCCC3(C)c2ccc(F)cc2)ccc1-n1cnc(C)c1.[B]B([B])[B]. The van der Waals surface area contributed by atoms with E-state index in [0.717, 1.165) is 22.5 Å². The van der Waals surface area contributed by atoms with Gasteiger partial charge in [0.1, 0.15) is 16.9 Å². The number of benzene rings is 2. The number of halogens is 1. The summed E-state index contributed by atoms with van der Waals surface area (Å²) in [5.74, 6) is 0.372. The van der Waals surface area contributed by atoms with Crippen LogP contribution in [0.5, 0.6) is 5.75 Å². The van der Waals surface area contributed by atoms with Crippen molar-refractivity contribution in [2.75, 3.05) is 13.7 Å². The second kappa shape index (κ2) is 11.0. The number of nitrogens with zero attached hydrogens (tertiary/aromatic N) is 5.